The van der Waals surface area contributed by atoms with Crippen molar-refractivity contribution in [2.75, 3.05) is 11.5 Å². The second-order valence-electron chi connectivity index (χ2n) is 3.19. The fraction of sp³-hybridized carbons (Fsp3) is 0. The van der Waals surface area contributed by atoms with Crippen molar-refractivity contribution in [2.45, 2.75) is 0 Å². The lowest BCUT2D eigenvalue weighted by molar-refractivity contribution is 1.33. The van der Waals surface area contributed by atoms with E-state index in [1.54, 1.807) is 24.3 Å². The number of hydrogen-bond donors (Lipinski definition) is 2. The van der Waals surface area contributed by atoms with Gasteiger partial charge in [-0.2, -0.15) is 0 Å². The maximum absolute atomic E-state index is 5.83. The molecule has 0 bridgehead atoms. The smallest absolute Gasteiger partial charge is 0.129 e. The van der Waals surface area contributed by atoms with Crippen molar-refractivity contribution in [3.05, 3.63) is 41.6 Å². The second kappa shape index (κ2) is 3.79. The molecule has 0 unspecified atom stereocenters. The van der Waals surface area contributed by atoms with Gasteiger partial charge in [0.15, 0.2) is 0 Å². The highest BCUT2D eigenvalue weighted by molar-refractivity contribution is 6.29. The summed E-state index contributed by atoms with van der Waals surface area (Å²) in [4.78, 5) is 4.18. The predicted molar refractivity (Wildman–Crippen MR) is 63.5 cm³/mol. The van der Waals surface area contributed by atoms with Crippen LogP contribution in [0.1, 0.15) is 0 Å². The first-order chi connectivity index (χ1) is 7.16. The van der Waals surface area contributed by atoms with Crippen molar-refractivity contribution in [1.29, 1.82) is 0 Å². The quantitative estimate of drug-likeness (QED) is 0.572. The van der Waals surface area contributed by atoms with Crippen LogP contribution in [0.5, 0.6) is 0 Å². The van der Waals surface area contributed by atoms with Gasteiger partial charge in [-0.1, -0.05) is 17.7 Å². The highest BCUT2D eigenvalue weighted by Gasteiger charge is 2.04. The van der Waals surface area contributed by atoms with E-state index in [-0.39, 0.29) is 0 Å². The monoisotopic (exact) mass is 219 g/mol. The summed E-state index contributed by atoms with van der Waals surface area (Å²) in [5.74, 6) is 0. The van der Waals surface area contributed by atoms with Crippen LogP contribution in [0.2, 0.25) is 5.15 Å². The Hall–Kier alpha value is -1.74. The summed E-state index contributed by atoms with van der Waals surface area (Å²) < 4.78 is 0. The van der Waals surface area contributed by atoms with Gasteiger partial charge in [0.05, 0.1) is 5.69 Å². The molecule has 1 heterocycles. The number of rotatable bonds is 1. The molecule has 1 aromatic carbocycles. The molecule has 4 heteroatoms. The molecule has 0 saturated heterocycles. The van der Waals surface area contributed by atoms with Gasteiger partial charge < -0.3 is 11.5 Å². The Balaban J connectivity index is 2.58. The molecule has 0 aliphatic heterocycles. The van der Waals surface area contributed by atoms with Crippen LogP contribution in [-0.2, 0) is 0 Å². The van der Waals surface area contributed by atoms with E-state index in [4.69, 9.17) is 23.1 Å². The Morgan fingerprint density at radius 2 is 1.87 bits per heavy atom. The second-order valence-corrected chi connectivity index (χ2v) is 3.58. The first-order valence-corrected chi connectivity index (χ1v) is 4.82. The molecule has 4 N–H and O–H groups in total. The Kier molecular flexibility index (Phi) is 2.47. The molecule has 0 saturated carbocycles. The van der Waals surface area contributed by atoms with Crippen LogP contribution in [-0.4, -0.2) is 4.98 Å². The molecule has 1 aromatic heterocycles. The number of nitrogen functional groups attached to an aromatic ring is 2. The fourth-order valence-corrected chi connectivity index (χ4v) is 1.52. The first-order valence-electron chi connectivity index (χ1n) is 4.45. The van der Waals surface area contributed by atoms with Gasteiger partial charge in [0.1, 0.15) is 5.15 Å². The molecule has 15 heavy (non-hydrogen) atoms. The lowest BCUT2D eigenvalue weighted by Gasteiger charge is -2.06. The van der Waals surface area contributed by atoms with Crippen LogP contribution in [0.25, 0.3) is 11.3 Å². The van der Waals surface area contributed by atoms with Crippen LogP contribution in [0.15, 0.2) is 36.4 Å². The number of benzene rings is 1. The summed E-state index contributed by atoms with van der Waals surface area (Å²) in [5, 5.41) is 0.439. The third-order valence-electron chi connectivity index (χ3n) is 2.07. The van der Waals surface area contributed by atoms with Crippen LogP contribution in [0, 0.1) is 0 Å². The van der Waals surface area contributed by atoms with E-state index >= 15 is 0 Å². The lowest BCUT2D eigenvalue weighted by Crippen LogP contribution is -1.94. The van der Waals surface area contributed by atoms with Gasteiger partial charge in [-0.25, -0.2) is 4.98 Å². The van der Waals surface area contributed by atoms with Crippen LogP contribution in [0.4, 0.5) is 11.4 Å². The number of nitrogens with two attached hydrogens (primary N) is 2. The summed E-state index contributed by atoms with van der Waals surface area (Å²) in [6.07, 6.45) is 0. The van der Waals surface area contributed by atoms with Gasteiger partial charge in [0.25, 0.3) is 0 Å². The largest absolute Gasteiger partial charge is 0.399 e. The standard InChI is InChI=1S/C11H10ClN3/c12-11-3-1-2-10(15-11)8-6-7(13)4-5-9(8)14/h1-6H,13-14H2. The summed E-state index contributed by atoms with van der Waals surface area (Å²) in [6, 6.07) is 10.7. The molecule has 76 valence electrons. The highest BCUT2D eigenvalue weighted by atomic mass is 35.5. The van der Waals surface area contributed by atoms with Gasteiger partial charge in [0.2, 0.25) is 0 Å². The topological polar surface area (TPSA) is 64.9 Å². The van der Waals surface area contributed by atoms with Gasteiger partial charge in [-0.15, -0.1) is 0 Å². The van der Waals surface area contributed by atoms with Crippen molar-refractivity contribution in [3.63, 3.8) is 0 Å². The summed E-state index contributed by atoms with van der Waals surface area (Å²) in [5.41, 5.74) is 14.3. The molecule has 2 rings (SSSR count). The van der Waals surface area contributed by atoms with E-state index < -0.39 is 0 Å². The Labute approximate surface area is 92.7 Å². The molecular weight excluding hydrogens is 210 g/mol. The van der Waals surface area contributed by atoms with E-state index in [1.807, 2.05) is 12.1 Å². The minimum Gasteiger partial charge on any atom is -0.399 e. The van der Waals surface area contributed by atoms with E-state index in [1.165, 1.54) is 0 Å². The van der Waals surface area contributed by atoms with E-state index in [0.29, 0.717) is 16.5 Å². The van der Waals surface area contributed by atoms with Gasteiger partial charge in [-0.05, 0) is 30.3 Å². The number of aromatic nitrogens is 1. The third-order valence-corrected chi connectivity index (χ3v) is 2.28. The summed E-state index contributed by atoms with van der Waals surface area (Å²) >= 11 is 5.80. The average molecular weight is 220 g/mol. The van der Waals surface area contributed by atoms with Crippen LogP contribution >= 0.6 is 11.6 Å². The number of halogens is 1. The summed E-state index contributed by atoms with van der Waals surface area (Å²) in [7, 11) is 0. The van der Waals surface area contributed by atoms with Gasteiger partial charge in [0, 0.05) is 16.9 Å². The number of nitrogens with zero attached hydrogens (tertiary/aromatic N) is 1. The summed E-state index contributed by atoms with van der Waals surface area (Å²) in [6.45, 7) is 0. The molecule has 2 aromatic rings. The van der Waals surface area contributed by atoms with Crippen molar-refractivity contribution in [1.82, 2.24) is 4.98 Å². The number of pyridine rings is 1. The average Bonchev–Trinajstić information content (AvgIpc) is 2.22. The normalized spacial score (nSPS) is 10.2. The van der Waals surface area contributed by atoms with Crippen molar-refractivity contribution >= 4 is 23.0 Å². The van der Waals surface area contributed by atoms with E-state index in [0.717, 1.165) is 11.3 Å². The van der Waals surface area contributed by atoms with E-state index in [9.17, 15) is 0 Å². The van der Waals surface area contributed by atoms with Crippen LogP contribution < -0.4 is 11.5 Å². The van der Waals surface area contributed by atoms with Crippen molar-refractivity contribution < 1.29 is 0 Å². The molecule has 0 amide bonds. The zero-order valence-electron chi connectivity index (χ0n) is 7.94. The fourth-order valence-electron chi connectivity index (χ4n) is 1.35. The molecule has 0 spiro atoms. The maximum atomic E-state index is 5.83. The Morgan fingerprint density at radius 1 is 1.07 bits per heavy atom. The van der Waals surface area contributed by atoms with Gasteiger partial charge in [-0.3, -0.25) is 0 Å². The first kappa shape index (κ1) is 9.80. The molecule has 0 aliphatic rings. The molecule has 0 aliphatic carbocycles. The SMILES string of the molecule is Nc1ccc(N)c(-c2cccc(Cl)n2)c1. The molecule has 0 radical (unpaired) electrons. The Bertz CT molecular complexity index is 497. The van der Waals surface area contributed by atoms with Crippen molar-refractivity contribution in [3.8, 4) is 11.3 Å². The highest BCUT2D eigenvalue weighted by Crippen LogP contribution is 2.26. The third kappa shape index (κ3) is 2.02. The number of hydrogen-bond acceptors (Lipinski definition) is 3. The maximum Gasteiger partial charge on any atom is 0.129 e. The zero-order valence-corrected chi connectivity index (χ0v) is 8.70. The lowest BCUT2D eigenvalue weighted by atomic mass is 10.1. The van der Waals surface area contributed by atoms with E-state index in [2.05, 4.69) is 4.98 Å². The molecular formula is C11H10ClN3. The van der Waals surface area contributed by atoms with Crippen molar-refractivity contribution in [2.24, 2.45) is 0 Å². The molecule has 0 fully saturated rings. The Morgan fingerprint density at radius 3 is 2.60 bits per heavy atom. The molecule has 0 atom stereocenters. The minimum atomic E-state index is 0.439. The minimum absolute atomic E-state index is 0.439. The molecule has 3 nitrogen and oxygen atoms in total. The van der Waals surface area contributed by atoms with Crippen LogP contribution in [0.3, 0.4) is 0 Å². The van der Waals surface area contributed by atoms with Gasteiger partial charge >= 0.3 is 0 Å². The number of anilines is 2. The predicted octanol–water partition coefficient (Wildman–Crippen LogP) is 2.57. The zero-order chi connectivity index (χ0) is 10.8.